The van der Waals surface area contributed by atoms with Crippen LogP contribution in [0.4, 0.5) is 5.69 Å². The number of aromatic nitrogens is 1. The van der Waals surface area contributed by atoms with Crippen LogP contribution in [0.2, 0.25) is 0 Å². The lowest BCUT2D eigenvalue weighted by Gasteiger charge is -2.26. The Morgan fingerprint density at radius 2 is 2.42 bits per heavy atom. The summed E-state index contributed by atoms with van der Waals surface area (Å²) in [6.45, 7) is 1.64. The molecule has 0 fully saturated rings. The highest BCUT2D eigenvalue weighted by Crippen LogP contribution is 2.29. The summed E-state index contributed by atoms with van der Waals surface area (Å²) in [6, 6.07) is 3.93. The van der Waals surface area contributed by atoms with Crippen molar-refractivity contribution in [3.63, 3.8) is 0 Å². The maximum absolute atomic E-state index is 5.39. The maximum Gasteiger partial charge on any atom is 0.238 e. The molecule has 3 nitrogen and oxygen atoms in total. The van der Waals surface area contributed by atoms with Gasteiger partial charge < -0.3 is 9.64 Å². The van der Waals surface area contributed by atoms with Crippen LogP contribution in [0.3, 0.4) is 0 Å². The van der Waals surface area contributed by atoms with E-state index in [1.165, 1.54) is 0 Å². The van der Waals surface area contributed by atoms with Crippen LogP contribution in [0.15, 0.2) is 16.7 Å². The van der Waals surface area contributed by atoms with Gasteiger partial charge in [0.15, 0.2) is 0 Å². The van der Waals surface area contributed by atoms with Crippen molar-refractivity contribution in [1.29, 1.82) is 0 Å². The van der Waals surface area contributed by atoms with E-state index in [9.17, 15) is 0 Å². The average molecular weight is 229 g/mol. The number of fused-ring (bicyclic) bond motifs is 1. The van der Waals surface area contributed by atoms with E-state index in [1.807, 2.05) is 19.2 Å². The minimum absolute atomic E-state index is 0.715. The van der Waals surface area contributed by atoms with Crippen LogP contribution in [0.1, 0.15) is 0 Å². The normalized spacial score (nSPS) is 15.3. The molecule has 0 saturated carbocycles. The quantitative estimate of drug-likeness (QED) is 0.633. The Balaban J connectivity index is 2.46. The lowest BCUT2D eigenvalue weighted by Crippen LogP contribution is -2.29. The Labute approximate surface area is 79.5 Å². The van der Waals surface area contributed by atoms with E-state index in [2.05, 4.69) is 25.8 Å². The molecule has 4 heteroatoms. The van der Waals surface area contributed by atoms with Crippen molar-refractivity contribution < 1.29 is 4.74 Å². The molecule has 2 heterocycles. The first kappa shape index (κ1) is 7.86. The molecule has 0 radical (unpaired) electrons. The zero-order valence-corrected chi connectivity index (χ0v) is 8.34. The number of pyridine rings is 1. The summed E-state index contributed by atoms with van der Waals surface area (Å²) >= 11 is 3.30. The van der Waals surface area contributed by atoms with Crippen LogP contribution >= 0.6 is 15.9 Å². The van der Waals surface area contributed by atoms with Gasteiger partial charge in [-0.25, -0.2) is 4.98 Å². The van der Waals surface area contributed by atoms with Crippen molar-refractivity contribution >= 4 is 21.6 Å². The molecule has 2 rings (SSSR count). The first-order chi connectivity index (χ1) is 5.77. The van der Waals surface area contributed by atoms with E-state index in [-0.39, 0.29) is 0 Å². The molecule has 0 unspecified atom stereocenters. The Bertz CT molecular complexity index is 303. The van der Waals surface area contributed by atoms with Gasteiger partial charge in [-0.1, -0.05) is 0 Å². The Kier molecular flexibility index (Phi) is 1.92. The fourth-order valence-corrected chi connectivity index (χ4v) is 1.50. The van der Waals surface area contributed by atoms with E-state index in [4.69, 9.17) is 4.74 Å². The molecule has 1 aliphatic rings. The van der Waals surface area contributed by atoms with Crippen LogP contribution in [-0.2, 0) is 0 Å². The Morgan fingerprint density at radius 1 is 1.58 bits per heavy atom. The third-order valence-electron chi connectivity index (χ3n) is 1.88. The number of rotatable bonds is 0. The molecule has 1 aromatic rings. The largest absolute Gasteiger partial charge is 0.474 e. The van der Waals surface area contributed by atoms with Crippen LogP contribution in [0, 0.1) is 0 Å². The molecule has 0 saturated heterocycles. The summed E-state index contributed by atoms with van der Waals surface area (Å²) in [4.78, 5) is 6.35. The maximum atomic E-state index is 5.39. The number of likely N-dealkylation sites (N-methyl/N-ethyl adjacent to an activating group) is 1. The van der Waals surface area contributed by atoms with Gasteiger partial charge >= 0.3 is 0 Å². The molecule has 0 atom stereocenters. The zero-order chi connectivity index (χ0) is 8.55. The first-order valence-corrected chi connectivity index (χ1v) is 4.57. The summed E-state index contributed by atoms with van der Waals surface area (Å²) in [6.07, 6.45) is 0. The van der Waals surface area contributed by atoms with Crippen molar-refractivity contribution in [2.75, 3.05) is 25.1 Å². The lowest BCUT2D eigenvalue weighted by molar-refractivity contribution is 0.298. The van der Waals surface area contributed by atoms with Gasteiger partial charge in [0.25, 0.3) is 0 Å². The van der Waals surface area contributed by atoms with Crippen molar-refractivity contribution in [1.82, 2.24) is 4.98 Å². The minimum atomic E-state index is 0.715. The number of hydrogen-bond acceptors (Lipinski definition) is 3. The SMILES string of the molecule is CN1CCOc2nc(Br)ccc21. The standard InChI is InChI=1S/C8H9BrN2O/c1-11-4-5-12-8-6(11)2-3-7(9)10-8/h2-3H,4-5H2,1H3. The highest BCUT2D eigenvalue weighted by Gasteiger charge is 2.15. The van der Waals surface area contributed by atoms with E-state index >= 15 is 0 Å². The Morgan fingerprint density at radius 3 is 3.25 bits per heavy atom. The fraction of sp³-hybridized carbons (Fsp3) is 0.375. The number of anilines is 1. The van der Waals surface area contributed by atoms with Gasteiger partial charge in [-0.2, -0.15) is 0 Å². The average Bonchev–Trinajstić information content (AvgIpc) is 2.04. The van der Waals surface area contributed by atoms with Crippen molar-refractivity contribution in [3.8, 4) is 5.88 Å². The van der Waals surface area contributed by atoms with Crippen LogP contribution in [0.5, 0.6) is 5.88 Å². The van der Waals surface area contributed by atoms with E-state index in [0.717, 1.165) is 22.7 Å². The molecule has 0 bridgehead atoms. The smallest absolute Gasteiger partial charge is 0.238 e. The topological polar surface area (TPSA) is 25.4 Å². The Hall–Kier alpha value is -0.770. The number of hydrogen-bond donors (Lipinski definition) is 0. The molecule has 0 amide bonds. The lowest BCUT2D eigenvalue weighted by atomic mass is 10.3. The fourth-order valence-electron chi connectivity index (χ4n) is 1.21. The van der Waals surface area contributed by atoms with Crippen LogP contribution < -0.4 is 9.64 Å². The summed E-state index contributed by atoms with van der Waals surface area (Å²) in [5.74, 6) is 0.720. The second-order valence-electron chi connectivity index (χ2n) is 2.73. The molecular formula is C8H9BrN2O. The van der Waals surface area contributed by atoms with Gasteiger partial charge in [-0.15, -0.1) is 0 Å². The predicted octanol–water partition coefficient (Wildman–Crippen LogP) is 1.67. The molecule has 1 aliphatic heterocycles. The third kappa shape index (κ3) is 1.27. The molecule has 0 spiro atoms. The van der Waals surface area contributed by atoms with E-state index in [1.54, 1.807) is 0 Å². The number of halogens is 1. The van der Waals surface area contributed by atoms with Gasteiger partial charge in [-0.3, -0.25) is 0 Å². The van der Waals surface area contributed by atoms with Gasteiger partial charge in [0.1, 0.15) is 11.2 Å². The molecule has 64 valence electrons. The third-order valence-corrected chi connectivity index (χ3v) is 2.32. The van der Waals surface area contributed by atoms with E-state index in [0.29, 0.717) is 6.61 Å². The molecule has 0 aromatic carbocycles. The monoisotopic (exact) mass is 228 g/mol. The van der Waals surface area contributed by atoms with Gasteiger partial charge in [0, 0.05) is 7.05 Å². The van der Waals surface area contributed by atoms with Gasteiger partial charge in [-0.05, 0) is 28.1 Å². The van der Waals surface area contributed by atoms with Gasteiger partial charge in [0.05, 0.1) is 12.2 Å². The molecule has 1 aromatic heterocycles. The summed E-state index contributed by atoms with van der Waals surface area (Å²) in [5.41, 5.74) is 1.06. The van der Waals surface area contributed by atoms with Crippen molar-refractivity contribution in [2.24, 2.45) is 0 Å². The summed E-state index contributed by atoms with van der Waals surface area (Å²) in [5, 5.41) is 0. The molecule has 0 aliphatic carbocycles. The number of nitrogens with zero attached hydrogens (tertiary/aromatic N) is 2. The molecular weight excluding hydrogens is 220 g/mol. The minimum Gasteiger partial charge on any atom is -0.474 e. The zero-order valence-electron chi connectivity index (χ0n) is 6.75. The predicted molar refractivity (Wildman–Crippen MR) is 50.7 cm³/mol. The summed E-state index contributed by atoms with van der Waals surface area (Å²) < 4.78 is 6.21. The van der Waals surface area contributed by atoms with Crippen molar-refractivity contribution in [2.45, 2.75) is 0 Å². The molecule has 0 N–H and O–H groups in total. The number of ether oxygens (including phenoxy) is 1. The second-order valence-corrected chi connectivity index (χ2v) is 3.54. The van der Waals surface area contributed by atoms with Gasteiger partial charge in [0.2, 0.25) is 5.88 Å². The van der Waals surface area contributed by atoms with Crippen LogP contribution in [0.25, 0.3) is 0 Å². The first-order valence-electron chi connectivity index (χ1n) is 3.78. The second kappa shape index (κ2) is 2.94. The van der Waals surface area contributed by atoms with Crippen molar-refractivity contribution in [3.05, 3.63) is 16.7 Å². The molecule has 12 heavy (non-hydrogen) atoms. The highest BCUT2D eigenvalue weighted by atomic mass is 79.9. The van der Waals surface area contributed by atoms with Crippen LogP contribution in [-0.4, -0.2) is 25.2 Å². The summed E-state index contributed by atoms with van der Waals surface area (Å²) in [7, 11) is 2.04. The highest BCUT2D eigenvalue weighted by molar-refractivity contribution is 9.10. The van der Waals surface area contributed by atoms with E-state index < -0.39 is 0 Å².